The minimum absolute atomic E-state index is 0.469. The van der Waals surface area contributed by atoms with Gasteiger partial charge in [-0.15, -0.1) is 0 Å². The van der Waals surface area contributed by atoms with Gasteiger partial charge in [-0.1, -0.05) is 41.4 Å². The summed E-state index contributed by atoms with van der Waals surface area (Å²) in [6.45, 7) is 2.47. The Morgan fingerprint density at radius 2 is 2.04 bits per heavy atom. The van der Waals surface area contributed by atoms with Crippen molar-refractivity contribution in [2.75, 3.05) is 0 Å². The molecule has 0 amide bonds. The number of aromatic nitrogens is 2. The number of rotatable bonds is 4. The van der Waals surface area contributed by atoms with Crippen molar-refractivity contribution >= 4 is 46.2 Å². The minimum Gasteiger partial charge on any atom is -0.478 e. The number of aryl methyl sites for hydroxylation is 1. The van der Waals surface area contributed by atoms with Crippen LogP contribution < -0.4 is 0 Å². The molecule has 4 nitrogen and oxygen atoms in total. The Morgan fingerprint density at radius 1 is 1.25 bits per heavy atom. The maximum atomic E-state index is 10.8. The van der Waals surface area contributed by atoms with Gasteiger partial charge in [0.2, 0.25) is 0 Å². The third kappa shape index (κ3) is 3.45. The summed E-state index contributed by atoms with van der Waals surface area (Å²) in [5.41, 5.74) is 3.52. The summed E-state index contributed by atoms with van der Waals surface area (Å²) in [5, 5.41) is 15.4. The lowest BCUT2D eigenvalue weighted by Gasteiger charge is -2.07. The van der Waals surface area contributed by atoms with E-state index in [1.54, 1.807) is 12.1 Å². The first kappa shape index (κ1) is 16.6. The molecule has 3 rings (SSSR count). The monoisotopic (exact) mass is 360 g/mol. The van der Waals surface area contributed by atoms with Gasteiger partial charge in [0, 0.05) is 21.5 Å². The maximum absolute atomic E-state index is 10.8. The van der Waals surface area contributed by atoms with Gasteiger partial charge in [0.05, 0.1) is 17.8 Å². The Kier molecular flexibility index (Phi) is 4.60. The highest BCUT2D eigenvalue weighted by Gasteiger charge is 2.11. The predicted octanol–water partition coefficient (Wildman–Crippen LogP) is 4.80. The third-order valence-electron chi connectivity index (χ3n) is 3.65. The Labute approximate surface area is 148 Å². The molecular weight excluding hydrogens is 347 g/mol. The molecule has 0 saturated heterocycles. The number of benzene rings is 2. The van der Waals surface area contributed by atoms with Crippen LogP contribution in [0.3, 0.4) is 0 Å². The molecule has 0 aliphatic heterocycles. The summed E-state index contributed by atoms with van der Waals surface area (Å²) in [4.78, 5) is 10.8. The summed E-state index contributed by atoms with van der Waals surface area (Å²) < 4.78 is 1.82. The summed E-state index contributed by atoms with van der Waals surface area (Å²) in [6.07, 6.45) is 2.58. The number of fused-ring (bicyclic) bond motifs is 1. The molecule has 0 saturated carbocycles. The lowest BCUT2D eigenvalue weighted by molar-refractivity contribution is -0.131. The van der Waals surface area contributed by atoms with Crippen LogP contribution in [0.2, 0.25) is 10.0 Å². The summed E-state index contributed by atoms with van der Waals surface area (Å²) in [5.74, 6) is -1.01. The van der Waals surface area contributed by atoms with Gasteiger partial charge in [0.25, 0.3) is 0 Å². The highest BCUT2D eigenvalue weighted by Crippen LogP contribution is 2.25. The Morgan fingerprint density at radius 3 is 2.75 bits per heavy atom. The molecule has 24 heavy (non-hydrogen) atoms. The Balaban J connectivity index is 2.09. The molecule has 2 aromatic carbocycles. The number of aliphatic carboxylic acids is 1. The van der Waals surface area contributed by atoms with Crippen molar-refractivity contribution < 1.29 is 9.90 Å². The van der Waals surface area contributed by atoms with Crippen LogP contribution in [0.15, 0.2) is 42.5 Å². The molecule has 3 aromatic rings. The van der Waals surface area contributed by atoms with Crippen molar-refractivity contribution in [1.29, 1.82) is 0 Å². The second-order valence-electron chi connectivity index (χ2n) is 5.47. The van der Waals surface area contributed by atoms with Gasteiger partial charge >= 0.3 is 5.97 Å². The number of hydrogen-bond donors (Lipinski definition) is 1. The molecule has 1 heterocycles. The molecule has 0 aliphatic carbocycles. The van der Waals surface area contributed by atoms with Crippen LogP contribution in [-0.2, 0) is 11.3 Å². The van der Waals surface area contributed by atoms with Crippen LogP contribution in [-0.4, -0.2) is 20.9 Å². The topological polar surface area (TPSA) is 55.1 Å². The van der Waals surface area contributed by atoms with Crippen LogP contribution in [0.25, 0.3) is 17.0 Å². The molecule has 122 valence electrons. The van der Waals surface area contributed by atoms with E-state index >= 15 is 0 Å². The number of hydrogen-bond acceptors (Lipinski definition) is 2. The fraction of sp³-hybridized carbons (Fsp3) is 0.111. The number of carboxylic acids is 1. The average molecular weight is 361 g/mol. The van der Waals surface area contributed by atoms with E-state index in [4.69, 9.17) is 28.3 Å². The third-order valence-corrected chi connectivity index (χ3v) is 4.24. The van der Waals surface area contributed by atoms with Gasteiger partial charge < -0.3 is 5.11 Å². The molecule has 1 N–H and O–H groups in total. The van der Waals surface area contributed by atoms with E-state index in [0.717, 1.165) is 28.1 Å². The average Bonchev–Trinajstić information content (AvgIpc) is 2.85. The van der Waals surface area contributed by atoms with Crippen LogP contribution in [0, 0.1) is 6.92 Å². The molecule has 0 fully saturated rings. The van der Waals surface area contributed by atoms with E-state index in [0.29, 0.717) is 22.3 Å². The van der Waals surface area contributed by atoms with E-state index in [-0.39, 0.29) is 0 Å². The lowest BCUT2D eigenvalue weighted by Crippen LogP contribution is -2.02. The zero-order valence-corrected chi connectivity index (χ0v) is 14.3. The van der Waals surface area contributed by atoms with Crippen LogP contribution >= 0.6 is 23.2 Å². The van der Waals surface area contributed by atoms with E-state index in [2.05, 4.69) is 5.10 Å². The van der Waals surface area contributed by atoms with E-state index in [1.165, 1.54) is 6.08 Å². The zero-order chi connectivity index (χ0) is 17.3. The number of carboxylic acid groups (broad SMARTS) is 1. The van der Waals surface area contributed by atoms with Gasteiger partial charge in [-0.2, -0.15) is 5.10 Å². The lowest BCUT2D eigenvalue weighted by atomic mass is 10.1. The van der Waals surface area contributed by atoms with E-state index in [1.807, 2.05) is 35.9 Å². The van der Waals surface area contributed by atoms with Crippen LogP contribution in [0.5, 0.6) is 0 Å². The number of carbonyl (C=O) groups is 1. The smallest absolute Gasteiger partial charge is 0.328 e. The van der Waals surface area contributed by atoms with Gasteiger partial charge in [-0.3, -0.25) is 4.68 Å². The zero-order valence-electron chi connectivity index (χ0n) is 12.8. The molecule has 6 heteroatoms. The fourth-order valence-electron chi connectivity index (χ4n) is 2.51. The van der Waals surface area contributed by atoms with Crippen LogP contribution in [0.4, 0.5) is 0 Å². The molecule has 0 aliphatic rings. The SMILES string of the molecule is Cc1ccc2c(/C=C/C(=O)O)nn(Cc3ccc(Cl)cc3Cl)c2c1. The second kappa shape index (κ2) is 6.67. The minimum atomic E-state index is -1.01. The van der Waals surface area contributed by atoms with Crippen molar-refractivity contribution in [2.45, 2.75) is 13.5 Å². The van der Waals surface area contributed by atoms with Crippen molar-refractivity contribution in [3.05, 3.63) is 69.3 Å². The molecular formula is C18H14Cl2N2O2. The van der Waals surface area contributed by atoms with Crippen molar-refractivity contribution in [3.8, 4) is 0 Å². The fourth-order valence-corrected chi connectivity index (χ4v) is 2.98. The number of nitrogens with zero attached hydrogens (tertiary/aromatic N) is 2. The van der Waals surface area contributed by atoms with Gasteiger partial charge in [0.15, 0.2) is 0 Å². The normalized spacial score (nSPS) is 11.5. The predicted molar refractivity (Wildman–Crippen MR) is 96.7 cm³/mol. The van der Waals surface area contributed by atoms with Crippen molar-refractivity contribution in [1.82, 2.24) is 9.78 Å². The van der Waals surface area contributed by atoms with Crippen molar-refractivity contribution in [3.63, 3.8) is 0 Å². The van der Waals surface area contributed by atoms with Crippen LogP contribution in [0.1, 0.15) is 16.8 Å². The molecule has 0 bridgehead atoms. The maximum Gasteiger partial charge on any atom is 0.328 e. The molecule has 0 spiro atoms. The quantitative estimate of drug-likeness (QED) is 0.680. The highest BCUT2D eigenvalue weighted by molar-refractivity contribution is 6.35. The summed E-state index contributed by atoms with van der Waals surface area (Å²) in [6, 6.07) is 11.3. The molecule has 0 radical (unpaired) electrons. The van der Waals surface area contributed by atoms with Gasteiger partial charge in [0.1, 0.15) is 0 Å². The molecule has 1 aromatic heterocycles. The van der Waals surface area contributed by atoms with Gasteiger partial charge in [-0.05, 0) is 42.3 Å². The second-order valence-corrected chi connectivity index (χ2v) is 6.31. The Hall–Kier alpha value is -2.30. The highest BCUT2D eigenvalue weighted by atomic mass is 35.5. The van der Waals surface area contributed by atoms with E-state index < -0.39 is 5.97 Å². The summed E-state index contributed by atoms with van der Waals surface area (Å²) in [7, 11) is 0. The van der Waals surface area contributed by atoms with E-state index in [9.17, 15) is 4.79 Å². The first-order valence-corrected chi connectivity index (χ1v) is 8.02. The Bertz CT molecular complexity index is 961. The first-order chi connectivity index (χ1) is 11.4. The van der Waals surface area contributed by atoms with Crippen molar-refractivity contribution in [2.24, 2.45) is 0 Å². The first-order valence-electron chi connectivity index (χ1n) is 7.26. The van der Waals surface area contributed by atoms with Gasteiger partial charge in [-0.25, -0.2) is 4.79 Å². The standard InChI is InChI=1S/C18H14Cl2N2O2/c1-11-2-5-14-16(6-7-18(23)24)21-22(17(14)8-11)10-12-3-4-13(19)9-15(12)20/h2-9H,10H2,1H3,(H,23,24)/b7-6+. The largest absolute Gasteiger partial charge is 0.478 e. The molecule has 0 atom stereocenters. The molecule has 0 unspecified atom stereocenters. The summed E-state index contributed by atoms with van der Waals surface area (Å²) >= 11 is 12.2. The number of halogens is 2.